The van der Waals surface area contributed by atoms with E-state index in [1.54, 1.807) is 24.5 Å². The van der Waals surface area contributed by atoms with E-state index in [-0.39, 0.29) is 5.75 Å². The molecule has 6 heteroatoms. The standard InChI is InChI=1S/C14H12BrF2NO2/c15-11-5-9(7-18-8-11)6-13(19)10-1-3-12(4-2-10)20-14(16)17/h1-5,7-8,13-14,19H,6H2. The molecule has 1 heterocycles. The molecule has 0 aliphatic carbocycles. The molecule has 0 aliphatic heterocycles. The minimum atomic E-state index is -2.85. The number of aliphatic hydroxyl groups is 1. The summed E-state index contributed by atoms with van der Waals surface area (Å²) in [6.07, 6.45) is 2.99. The fourth-order valence-corrected chi connectivity index (χ4v) is 2.19. The highest BCUT2D eigenvalue weighted by molar-refractivity contribution is 9.10. The van der Waals surface area contributed by atoms with Gasteiger partial charge in [-0.15, -0.1) is 0 Å². The van der Waals surface area contributed by atoms with Gasteiger partial charge in [0.15, 0.2) is 0 Å². The first-order chi connectivity index (χ1) is 9.54. The van der Waals surface area contributed by atoms with Crippen molar-refractivity contribution < 1.29 is 18.6 Å². The number of pyridine rings is 1. The molecule has 0 saturated carbocycles. The predicted molar refractivity (Wildman–Crippen MR) is 73.7 cm³/mol. The molecular weight excluding hydrogens is 332 g/mol. The van der Waals surface area contributed by atoms with Crippen molar-refractivity contribution in [3.8, 4) is 5.75 Å². The third-order valence-electron chi connectivity index (χ3n) is 2.68. The summed E-state index contributed by atoms with van der Waals surface area (Å²) >= 11 is 3.31. The van der Waals surface area contributed by atoms with Crippen LogP contribution in [-0.2, 0) is 6.42 Å². The molecule has 0 radical (unpaired) electrons. The Hall–Kier alpha value is -1.53. The van der Waals surface area contributed by atoms with Gasteiger partial charge in [0.2, 0.25) is 0 Å². The van der Waals surface area contributed by atoms with E-state index in [1.165, 1.54) is 12.1 Å². The maximum Gasteiger partial charge on any atom is 0.387 e. The third-order valence-corrected chi connectivity index (χ3v) is 3.11. The fourth-order valence-electron chi connectivity index (χ4n) is 1.78. The van der Waals surface area contributed by atoms with Crippen molar-refractivity contribution in [3.63, 3.8) is 0 Å². The SMILES string of the molecule is OC(Cc1cncc(Br)c1)c1ccc(OC(F)F)cc1. The lowest BCUT2D eigenvalue weighted by atomic mass is 10.0. The lowest BCUT2D eigenvalue weighted by Crippen LogP contribution is -2.04. The summed E-state index contributed by atoms with van der Waals surface area (Å²) in [5.41, 5.74) is 1.51. The van der Waals surface area contributed by atoms with Gasteiger partial charge in [0, 0.05) is 23.3 Å². The van der Waals surface area contributed by atoms with Crippen molar-refractivity contribution in [2.24, 2.45) is 0 Å². The smallest absolute Gasteiger partial charge is 0.387 e. The summed E-state index contributed by atoms with van der Waals surface area (Å²) in [5, 5.41) is 10.1. The van der Waals surface area contributed by atoms with Crippen LogP contribution in [0.15, 0.2) is 47.2 Å². The second kappa shape index (κ2) is 6.76. The molecule has 106 valence electrons. The summed E-state index contributed by atoms with van der Waals surface area (Å²) in [6, 6.07) is 7.81. The Morgan fingerprint density at radius 2 is 1.90 bits per heavy atom. The summed E-state index contributed by atoms with van der Waals surface area (Å²) in [5.74, 6) is 0.0695. The Kier molecular flexibility index (Phi) is 5.03. The van der Waals surface area contributed by atoms with E-state index in [9.17, 15) is 13.9 Å². The monoisotopic (exact) mass is 343 g/mol. The van der Waals surface area contributed by atoms with Gasteiger partial charge in [-0.1, -0.05) is 12.1 Å². The second-order valence-corrected chi connectivity index (χ2v) is 5.09. The van der Waals surface area contributed by atoms with Crippen LogP contribution in [0.4, 0.5) is 8.78 Å². The number of aliphatic hydroxyl groups excluding tert-OH is 1. The molecule has 1 N–H and O–H groups in total. The average Bonchev–Trinajstić information content (AvgIpc) is 2.38. The van der Waals surface area contributed by atoms with E-state index in [2.05, 4.69) is 25.7 Å². The number of hydrogen-bond donors (Lipinski definition) is 1. The van der Waals surface area contributed by atoms with Gasteiger partial charge in [0.25, 0.3) is 0 Å². The molecule has 2 aromatic rings. The van der Waals surface area contributed by atoms with Gasteiger partial charge in [-0.3, -0.25) is 4.98 Å². The molecule has 0 saturated heterocycles. The van der Waals surface area contributed by atoms with Crippen LogP contribution in [0.3, 0.4) is 0 Å². The van der Waals surface area contributed by atoms with Crippen molar-refractivity contribution >= 4 is 15.9 Å². The van der Waals surface area contributed by atoms with Crippen LogP contribution in [0.5, 0.6) is 5.75 Å². The lowest BCUT2D eigenvalue weighted by molar-refractivity contribution is -0.0498. The minimum Gasteiger partial charge on any atom is -0.435 e. The minimum absolute atomic E-state index is 0.0695. The highest BCUT2D eigenvalue weighted by Crippen LogP contribution is 2.22. The molecule has 1 aromatic heterocycles. The maximum absolute atomic E-state index is 12.0. The van der Waals surface area contributed by atoms with Gasteiger partial charge in [-0.05, 0) is 45.3 Å². The third kappa shape index (κ3) is 4.25. The molecule has 20 heavy (non-hydrogen) atoms. The summed E-state index contributed by atoms with van der Waals surface area (Å²) < 4.78 is 29.1. The number of nitrogens with zero attached hydrogens (tertiary/aromatic N) is 1. The van der Waals surface area contributed by atoms with Gasteiger partial charge in [-0.25, -0.2) is 0 Å². The number of aromatic nitrogens is 1. The zero-order valence-corrected chi connectivity index (χ0v) is 11.9. The van der Waals surface area contributed by atoms with Crippen LogP contribution in [0, 0.1) is 0 Å². The molecule has 0 aliphatic rings. The van der Waals surface area contributed by atoms with Gasteiger partial charge >= 0.3 is 6.61 Å². The molecule has 0 bridgehead atoms. The van der Waals surface area contributed by atoms with Gasteiger partial charge < -0.3 is 9.84 Å². The Balaban J connectivity index is 2.03. The molecule has 0 spiro atoms. The molecule has 3 nitrogen and oxygen atoms in total. The number of benzene rings is 1. The summed E-state index contributed by atoms with van der Waals surface area (Å²) in [4.78, 5) is 4.02. The van der Waals surface area contributed by atoms with Crippen LogP contribution in [0.2, 0.25) is 0 Å². The van der Waals surface area contributed by atoms with Crippen LogP contribution in [0.1, 0.15) is 17.2 Å². The van der Waals surface area contributed by atoms with E-state index in [1.807, 2.05) is 6.07 Å². The number of ether oxygens (including phenoxy) is 1. The molecule has 1 aromatic carbocycles. The molecule has 2 rings (SSSR count). The Labute approximate surface area is 123 Å². The maximum atomic E-state index is 12.0. The highest BCUT2D eigenvalue weighted by atomic mass is 79.9. The van der Waals surface area contributed by atoms with Gasteiger partial charge in [-0.2, -0.15) is 8.78 Å². The summed E-state index contributed by atoms with van der Waals surface area (Å²) in [7, 11) is 0. The van der Waals surface area contributed by atoms with Crippen molar-refractivity contribution in [2.75, 3.05) is 0 Å². The van der Waals surface area contributed by atoms with E-state index >= 15 is 0 Å². The van der Waals surface area contributed by atoms with E-state index in [0.717, 1.165) is 10.0 Å². The largest absolute Gasteiger partial charge is 0.435 e. The second-order valence-electron chi connectivity index (χ2n) is 4.18. The van der Waals surface area contributed by atoms with Crippen molar-refractivity contribution in [2.45, 2.75) is 19.1 Å². The molecule has 0 amide bonds. The molecule has 0 fully saturated rings. The van der Waals surface area contributed by atoms with E-state index in [0.29, 0.717) is 12.0 Å². The number of alkyl halides is 2. The summed E-state index contributed by atoms with van der Waals surface area (Å²) in [6.45, 7) is -2.85. The van der Waals surface area contributed by atoms with Crippen LogP contribution in [-0.4, -0.2) is 16.7 Å². The predicted octanol–water partition coefficient (Wildman–Crippen LogP) is 3.72. The number of rotatable bonds is 5. The number of hydrogen-bond acceptors (Lipinski definition) is 3. The first-order valence-electron chi connectivity index (χ1n) is 5.87. The lowest BCUT2D eigenvalue weighted by Gasteiger charge is -2.12. The molecule has 1 atom stereocenters. The Bertz CT molecular complexity index is 563. The number of halogens is 3. The Morgan fingerprint density at radius 3 is 2.50 bits per heavy atom. The first kappa shape index (κ1) is 14.9. The van der Waals surface area contributed by atoms with Gasteiger partial charge in [0.05, 0.1) is 6.10 Å². The van der Waals surface area contributed by atoms with Crippen molar-refractivity contribution in [3.05, 3.63) is 58.3 Å². The van der Waals surface area contributed by atoms with Crippen LogP contribution >= 0.6 is 15.9 Å². The first-order valence-corrected chi connectivity index (χ1v) is 6.66. The average molecular weight is 344 g/mol. The zero-order valence-electron chi connectivity index (χ0n) is 10.3. The van der Waals surface area contributed by atoms with Gasteiger partial charge in [0.1, 0.15) is 5.75 Å². The van der Waals surface area contributed by atoms with Crippen molar-refractivity contribution in [1.82, 2.24) is 4.98 Å². The Morgan fingerprint density at radius 1 is 1.20 bits per heavy atom. The van der Waals surface area contributed by atoms with Crippen molar-refractivity contribution in [1.29, 1.82) is 0 Å². The zero-order chi connectivity index (χ0) is 14.5. The normalized spacial score (nSPS) is 12.4. The van der Waals surface area contributed by atoms with E-state index in [4.69, 9.17) is 0 Å². The van der Waals surface area contributed by atoms with E-state index < -0.39 is 12.7 Å². The van der Waals surface area contributed by atoms with Crippen LogP contribution in [0.25, 0.3) is 0 Å². The molecular formula is C14H12BrF2NO2. The van der Waals surface area contributed by atoms with Crippen LogP contribution < -0.4 is 4.74 Å². The quantitative estimate of drug-likeness (QED) is 0.899. The molecule has 1 unspecified atom stereocenters. The highest BCUT2D eigenvalue weighted by Gasteiger charge is 2.10. The fraction of sp³-hybridized carbons (Fsp3) is 0.214. The topological polar surface area (TPSA) is 42.4 Å².